The maximum absolute atomic E-state index is 12.2. The van der Waals surface area contributed by atoms with Crippen LogP contribution in [0, 0.1) is 0 Å². The third kappa shape index (κ3) is 10.0. The quantitative estimate of drug-likeness (QED) is 0.288. The summed E-state index contributed by atoms with van der Waals surface area (Å²) in [5.74, 6) is 1.81. The van der Waals surface area contributed by atoms with Crippen molar-refractivity contribution in [3.8, 4) is 0 Å². The van der Waals surface area contributed by atoms with Gasteiger partial charge in [0.1, 0.15) is 17.8 Å². The number of nitrogens with one attached hydrogen (secondary N) is 2. The van der Waals surface area contributed by atoms with E-state index < -0.39 is 5.60 Å². The van der Waals surface area contributed by atoms with Crippen molar-refractivity contribution in [3.05, 3.63) is 12.2 Å². The zero-order valence-electron chi connectivity index (χ0n) is 19.6. The lowest BCUT2D eigenvalue weighted by Gasteiger charge is -2.35. The first-order chi connectivity index (χ1) is 14.3. The summed E-state index contributed by atoms with van der Waals surface area (Å²) in [6.45, 7) is 16.8. The van der Waals surface area contributed by atoms with Crippen LogP contribution in [0.4, 0.5) is 4.79 Å². The molecule has 2 heterocycles. The molecule has 0 spiro atoms. The van der Waals surface area contributed by atoms with Gasteiger partial charge in [-0.25, -0.2) is 4.79 Å². The standard InChI is InChI=1S/C20H38N8O2.HI/c1-6-17-25-24-16-28(17)11-9-23-18(21-7-2)22-8-10-26-12-14-27(15-13-26)19(29)30-20(3,4)5;/h16H,6-15H2,1-5H3,(H2,21,22,23);1H. The highest BCUT2D eigenvalue weighted by Gasteiger charge is 2.25. The monoisotopic (exact) mass is 550 g/mol. The molecule has 0 aromatic carbocycles. The smallest absolute Gasteiger partial charge is 0.410 e. The minimum atomic E-state index is -0.453. The molecule has 1 amide bonds. The van der Waals surface area contributed by atoms with E-state index in [9.17, 15) is 4.79 Å². The summed E-state index contributed by atoms with van der Waals surface area (Å²) in [6, 6.07) is 0. The summed E-state index contributed by atoms with van der Waals surface area (Å²) < 4.78 is 7.51. The molecule has 0 radical (unpaired) electrons. The van der Waals surface area contributed by atoms with Crippen LogP contribution in [0.3, 0.4) is 0 Å². The highest BCUT2D eigenvalue weighted by Crippen LogP contribution is 2.11. The Morgan fingerprint density at radius 1 is 1.16 bits per heavy atom. The van der Waals surface area contributed by atoms with Gasteiger partial charge in [0.25, 0.3) is 0 Å². The van der Waals surface area contributed by atoms with Gasteiger partial charge < -0.3 is 24.8 Å². The van der Waals surface area contributed by atoms with Crippen molar-refractivity contribution < 1.29 is 9.53 Å². The summed E-state index contributed by atoms with van der Waals surface area (Å²) in [4.78, 5) is 21.0. The number of aryl methyl sites for hydroxylation is 1. The van der Waals surface area contributed by atoms with Crippen LogP contribution in [0.2, 0.25) is 0 Å². The Labute approximate surface area is 203 Å². The number of carbonyl (C=O) groups is 1. The Bertz CT molecular complexity index is 681. The van der Waals surface area contributed by atoms with Crippen molar-refractivity contribution in [1.82, 2.24) is 35.2 Å². The predicted molar refractivity (Wildman–Crippen MR) is 133 cm³/mol. The van der Waals surface area contributed by atoms with Gasteiger partial charge in [0, 0.05) is 58.8 Å². The van der Waals surface area contributed by atoms with Crippen molar-refractivity contribution in [2.24, 2.45) is 4.99 Å². The fourth-order valence-electron chi connectivity index (χ4n) is 3.16. The number of guanidine groups is 1. The zero-order chi connectivity index (χ0) is 22.0. The Balaban J connectivity index is 0.00000480. The van der Waals surface area contributed by atoms with Crippen LogP contribution < -0.4 is 10.6 Å². The maximum Gasteiger partial charge on any atom is 0.410 e. The van der Waals surface area contributed by atoms with E-state index in [4.69, 9.17) is 4.74 Å². The number of rotatable bonds is 8. The molecule has 1 saturated heterocycles. The van der Waals surface area contributed by atoms with E-state index in [1.165, 1.54) is 0 Å². The summed E-state index contributed by atoms with van der Waals surface area (Å²) in [6.07, 6.45) is 2.41. The molecule has 1 aromatic heterocycles. The number of piperazine rings is 1. The molecule has 31 heavy (non-hydrogen) atoms. The van der Waals surface area contributed by atoms with Gasteiger partial charge in [0.05, 0.1) is 6.54 Å². The molecule has 1 aromatic rings. The lowest BCUT2D eigenvalue weighted by Crippen LogP contribution is -2.50. The van der Waals surface area contributed by atoms with Gasteiger partial charge in [-0.2, -0.15) is 0 Å². The van der Waals surface area contributed by atoms with Crippen LogP contribution >= 0.6 is 24.0 Å². The van der Waals surface area contributed by atoms with E-state index in [1.807, 2.05) is 20.8 Å². The highest BCUT2D eigenvalue weighted by atomic mass is 127. The summed E-state index contributed by atoms with van der Waals surface area (Å²) in [5, 5.41) is 14.7. The molecule has 0 saturated carbocycles. The van der Waals surface area contributed by atoms with Gasteiger partial charge in [-0.05, 0) is 27.7 Å². The van der Waals surface area contributed by atoms with E-state index in [0.29, 0.717) is 19.6 Å². The van der Waals surface area contributed by atoms with Gasteiger partial charge in [0.2, 0.25) is 0 Å². The average Bonchev–Trinajstić information content (AvgIpc) is 3.14. The Kier molecular flexibility index (Phi) is 12.1. The molecule has 178 valence electrons. The van der Waals surface area contributed by atoms with Crippen LogP contribution in [-0.2, 0) is 17.7 Å². The fraction of sp³-hybridized carbons (Fsp3) is 0.800. The van der Waals surface area contributed by atoms with Crippen molar-refractivity contribution in [3.63, 3.8) is 0 Å². The van der Waals surface area contributed by atoms with Crippen molar-refractivity contribution in [2.45, 2.75) is 53.2 Å². The number of aromatic nitrogens is 3. The van der Waals surface area contributed by atoms with Crippen LogP contribution in [-0.4, -0.2) is 94.6 Å². The van der Waals surface area contributed by atoms with Crippen LogP contribution in [0.1, 0.15) is 40.4 Å². The largest absolute Gasteiger partial charge is 0.444 e. The lowest BCUT2D eigenvalue weighted by molar-refractivity contribution is 0.0148. The third-order valence-corrected chi connectivity index (χ3v) is 4.71. The first-order valence-corrected chi connectivity index (χ1v) is 10.9. The van der Waals surface area contributed by atoms with Gasteiger partial charge in [0.15, 0.2) is 5.96 Å². The molecule has 0 atom stereocenters. The number of carbonyl (C=O) groups excluding carboxylic acids is 1. The van der Waals surface area contributed by atoms with E-state index >= 15 is 0 Å². The fourth-order valence-corrected chi connectivity index (χ4v) is 3.16. The molecule has 0 aliphatic carbocycles. The van der Waals surface area contributed by atoms with Crippen LogP contribution in [0.15, 0.2) is 11.3 Å². The van der Waals surface area contributed by atoms with Gasteiger partial charge >= 0.3 is 6.09 Å². The van der Waals surface area contributed by atoms with E-state index in [-0.39, 0.29) is 30.1 Å². The van der Waals surface area contributed by atoms with Crippen LogP contribution in [0.25, 0.3) is 0 Å². The van der Waals surface area contributed by atoms with Crippen LogP contribution in [0.5, 0.6) is 0 Å². The Morgan fingerprint density at radius 2 is 1.87 bits per heavy atom. The van der Waals surface area contributed by atoms with E-state index in [1.54, 1.807) is 11.2 Å². The molecule has 1 fully saturated rings. The molecule has 11 heteroatoms. The van der Waals surface area contributed by atoms with Gasteiger partial charge in [-0.15, -0.1) is 34.2 Å². The zero-order valence-corrected chi connectivity index (χ0v) is 21.9. The second kappa shape index (κ2) is 13.7. The van der Waals surface area contributed by atoms with Gasteiger partial charge in [-0.1, -0.05) is 6.92 Å². The summed E-state index contributed by atoms with van der Waals surface area (Å²) >= 11 is 0. The maximum atomic E-state index is 12.2. The first-order valence-electron chi connectivity index (χ1n) is 10.9. The number of amides is 1. The molecule has 0 bridgehead atoms. The molecule has 2 rings (SSSR count). The van der Waals surface area contributed by atoms with E-state index in [2.05, 4.69) is 49.1 Å². The highest BCUT2D eigenvalue weighted by molar-refractivity contribution is 14.0. The number of nitrogens with zero attached hydrogens (tertiary/aromatic N) is 6. The second-order valence-corrected chi connectivity index (χ2v) is 8.29. The minimum Gasteiger partial charge on any atom is -0.444 e. The van der Waals surface area contributed by atoms with Gasteiger partial charge in [-0.3, -0.25) is 9.89 Å². The number of ether oxygens (including phenoxy) is 1. The van der Waals surface area contributed by atoms with E-state index in [0.717, 1.165) is 57.5 Å². The summed E-state index contributed by atoms with van der Waals surface area (Å²) in [7, 11) is 0. The SMILES string of the molecule is CCNC(=NCCN1CCN(C(=O)OC(C)(C)C)CC1)NCCn1cnnc1CC.I. The normalized spacial score (nSPS) is 15.4. The minimum absolute atomic E-state index is 0. The lowest BCUT2D eigenvalue weighted by atomic mass is 10.2. The Hall–Kier alpha value is -1.63. The predicted octanol–water partition coefficient (Wildman–Crippen LogP) is 1.57. The summed E-state index contributed by atoms with van der Waals surface area (Å²) in [5.41, 5.74) is -0.453. The van der Waals surface area contributed by atoms with Crippen molar-refractivity contribution in [2.75, 3.05) is 52.4 Å². The number of hydrogen-bond donors (Lipinski definition) is 2. The third-order valence-electron chi connectivity index (χ3n) is 4.71. The molecule has 10 nitrogen and oxygen atoms in total. The molecular weight excluding hydrogens is 511 g/mol. The number of aliphatic imine (C=N–C) groups is 1. The molecular formula is C20H39IN8O2. The molecule has 0 unspecified atom stereocenters. The first kappa shape index (κ1) is 27.4. The molecule has 2 N–H and O–H groups in total. The average molecular weight is 550 g/mol. The molecule has 1 aliphatic rings. The second-order valence-electron chi connectivity index (χ2n) is 8.29. The number of hydrogen-bond acceptors (Lipinski definition) is 6. The van der Waals surface area contributed by atoms with Crippen molar-refractivity contribution in [1.29, 1.82) is 0 Å². The van der Waals surface area contributed by atoms with Crippen molar-refractivity contribution >= 4 is 36.0 Å². The number of halogens is 1. The molecule has 1 aliphatic heterocycles. The topological polar surface area (TPSA) is 99.9 Å². The Morgan fingerprint density at radius 3 is 2.48 bits per heavy atom.